The van der Waals surface area contributed by atoms with E-state index in [1.165, 1.54) is 6.42 Å². The summed E-state index contributed by atoms with van der Waals surface area (Å²) in [7, 11) is 1.61. The molecule has 19 heavy (non-hydrogen) atoms. The Balaban J connectivity index is 2.36. The minimum atomic E-state index is -0.249. The maximum atomic E-state index is 11.8. The lowest BCUT2D eigenvalue weighted by Gasteiger charge is -2.36. The van der Waals surface area contributed by atoms with E-state index in [1.807, 2.05) is 0 Å². The van der Waals surface area contributed by atoms with Crippen molar-refractivity contribution in [2.24, 2.45) is 17.8 Å². The molecule has 0 bridgehead atoms. The van der Waals surface area contributed by atoms with Crippen molar-refractivity contribution in [2.75, 3.05) is 26.9 Å². The van der Waals surface area contributed by atoms with Crippen LogP contribution in [0.3, 0.4) is 0 Å². The predicted molar refractivity (Wildman–Crippen MR) is 73.9 cm³/mol. The van der Waals surface area contributed by atoms with Crippen LogP contribution in [0.4, 0.5) is 0 Å². The summed E-state index contributed by atoms with van der Waals surface area (Å²) in [6.07, 6.45) is 3.43. The quantitative estimate of drug-likeness (QED) is 0.528. The SMILES string of the molecule is COCCOCC(=O)O[C@@H]1C[C@H](C)CC[C@H]1C(C)C. The molecule has 0 unspecified atom stereocenters. The van der Waals surface area contributed by atoms with Crippen molar-refractivity contribution in [2.45, 2.75) is 46.1 Å². The van der Waals surface area contributed by atoms with Crippen LogP contribution in [0.5, 0.6) is 0 Å². The van der Waals surface area contributed by atoms with Crippen molar-refractivity contribution in [1.82, 2.24) is 0 Å². The number of ether oxygens (including phenoxy) is 3. The van der Waals surface area contributed by atoms with Crippen LogP contribution in [0.1, 0.15) is 40.0 Å². The van der Waals surface area contributed by atoms with Gasteiger partial charge < -0.3 is 14.2 Å². The Bertz CT molecular complexity index is 265. The van der Waals surface area contributed by atoms with Gasteiger partial charge in [-0.2, -0.15) is 0 Å². The van der Waals surface area contributed by atoms with Gasteiger partial charge in [0.15, 0.2) is 0 Å². The second-order valence-electron chi connectivity index (χ2n) is 5.90. The van der Waals surface area contributed by atoms with E-state index in [0.29, 0.717) is 31.0 Å². The van der Waals surface area contributed by atoms with Crippen molar-refractivity contribution in [3.8, 4) is 0 Å². The third-order valence-electron chi connectivity index (χ3n) is 3.90. The minimum absolute atomic E-state index is 0.0268. The number of methoxy groups -OCH3 is 1. The van der Waals surface area contributed by atoms with Gasteiger partial charge in [-0.05, 0) is 30.6 Å². The highest BCUT2D eigenvalue weighted by Crippen LogP contribution is 2.35. The summed E-state index contributed by atoms with van der Waals surface area (Å²) in [6, 6.07) is 0. The molecule has 0 radical (unpaired) electrons. The average Bonchev–Trinajstić information content (AvgIpc) is 2.34. The first-order valence-corrected chi connectivity index (χ1v) is 7.30. The Morgan fingerprint density at radius 1 is 1.26 bits per heavy atom. The fraction of sp³-hybridized carbons (Fsp3) is 0.933. The van der Waals surface area contributed by atoms with Gasteiger partial charge in [-0.25, -0.2) is 4.79 Å². The zero-order valence-electron chi connectivity index (χ0n) is 12.7. The predicted octanol–water partition coefficient (Wildman–Crippen LogP) is 2.65. The Kier molecular flexibility index (Phi) is 7.39. The molecule has 1 saturated carbocycles. The van der Waals surface area contributed by atoms with Gasteiger partial charge in [0.2, 0.25) is 0 Å². The van der Waals surface area contributed by atoms with E-state index < -0.39 is 0 Å². The van der Waals surface area contributed by atoms with Crippen LogP contribution in [-0.4, -0.2) is 39.0 Å². The molecule has 112 valence electrons. The molecule has 3 atom stereocenters. The molecule has 1 aliphatic rings. The highest BCUT2D eigenvalue weighted by Gasteiger charge is 2.33. The topological polar surface area (TPSA) is 44.8 Å². The molecule has 4 nitrogen and oxygen atoms in total. The molecule has 0 aromatic rings. The van der Waals surface area contributed by atoms with Crippen molar-refractivity contribution in [1.29, 1.82) is 0 Å². The number of esters is 1. The van der Waals surface area contributed by atoms with Crippen LogP contribution in [-0.2, 0) is 19.0 Å². The lowest BCUT2D eigenvalue weighted by molar-refractivity contribution is -0.161. The summed E-state index contributed by atoms with van der Waals surface area (Å²) in [5, 5.41) is 0. The van der Waals surface area contributed by atoms with Crippen molar-refractivity contribution in [3.05, 3.63) is 0 Å². The zero-order chi connectivity index (χ0) is 14.3. The number of hydrogen-bond donors (Lipinski definition) is 0. The van der Waals surface area contributed by atoms with Crippen molar-refractivity contribution < 1.29 is 19.0 Å². The van der Waals surface area contributed by atoms with Crippen LogP contribution < -0.4 is 0 Å². The summed E-state index contributed by atoms with van der Waals surface area (Å²) in [6.45, 7) is 7.60. The van der Waals surface area contributed by atoms with Gasteiger partial charge in [-0.3, -0.25) is 0 Å². The molecular weight excluding hydrogens is 244 g/mol. The third-order valence-corrected chi connectivity index (χ3v) is 3.90. The van der Waals surface area contributed by atoms with Gasteiger partial charge in [0.05, 0.1) is 13.2 Å². The van der Waals surface area contributed by atoms with Gasteiger partial charge in [-0.15, -0.1) is 0 Å². The normalized spacial score (nSPS) is 27.5. The van der Waals surface area contributed by atoms with Crippen LogP contribution in [0.2, 0.25) is 0 Å². The maximum absolute atomic E-state index is 11.8. The molecule has 1 aliphatic carbocycles. The summed E-state index contributed by atoms with van der Waals surface area (Å²) in [5.41, 5.74) is 0. The van der Waals surface area contributed by atoms with Crippen LogP contribution in [0.25, 0.3) is 0 Å². The Labute approximate surface area is 116 Å². The maximum Gasteiger partial charge on any atom is 0.332 e. The highest BCUT2D eigenvalue weighted by molar-refractivity contribution is 5.70. The molecule has 0 saturated heterocycles. The lowest BCUT2D eigenvalue weighted by atomic mass is 9.75. The standard InChI is InChI=1S/C15H28O4/c1-11(2)13-6-5-12(3)9-14(13)19-15(16)10-18-8-7-17-4/h11-14H,5-10H2,1-4H3/t12-,13+,14-/m1/s1. The summed E-state index contributed by atoms with van der Waals surface area (Å²) >= 11 is 0. The number of carbonyl (C=O) groups is 1. The van der Waals surface area contributed by atoms with Gasteiger partial charge in [-0.1, -0.05) is 27.2 Å². The van der Waals surface area contributed by atoms with Gasteiger partial charge in [0.25, 0.3) is 0 Å². The van der Waals surface area contributed by atoms with E-state index in [4.69, 9.17) is 14.2 Å². The second-order valence-corrected chi connectivity index (χ2v) is 5.90. The van der Waals surface area contributed by atoms with Gasteiger partial charge in [0, 0.05) is 7.11 Å². The first-order valence-electron chi connectivity index (χ1n) is 7.30. The minimum Gasteiger partial charge on any atom is -0.460 e. The summed E-state index contributed by atoms with van der Waals surface area (Å²) in [5.74, 6) is 1.43. The number of carbonyl (C=O) groups excluding carboxylic acids is 1. The summed E-state index contributed by atoms with van der Waals surface area (Å²) < 4.78 is 15.7. The zero-order valence-corrected chi connectivity index (χ0v) is 12.7. The van der Waals surface area contributed by atoms with E-state index in [2.05, 4.69) is 20.8 Å². The first-order chi connectivity index (χ1) is 9.04. The Morgan fingerprint density at radius 2 is 2.00 bits per heavy atom. The molecular formula is C15H28O4. The fourth-order valence-electron chi connectivity index (χ4n) is 2.75. The molecule has 0 amide bonds. The van der Waals surface area contributed by atoms with Crippen molar-refractivity contribution in [3.63, 3.8) is 0 Å². The molecule has 1 rings (SSSR count). The molecule has 0 aliphatic heterocycles. The molecule has 0 heterocycles. The third kappa shape index (κ3) is 5.91. The molecule has 0 spiro atoms. The fourth-order valence-corrected chi connectivity index (χ4v) is 2.75. The largest absolute Gasteiger partial charge is 0.460 e. The van der Waals surface area contributed by atoms with E-state index >= 15 is 0 Å². The Morgan fingerprint density at radius 3 is 2.63 bits per heavy atom. The molecule has 0 aromatic carbocycles. The smallest absolute Gasteiger partial charge is 0.332 e. The van der Waals surface area contributed by atoms with Gasteiger partial charge >= 0.3 is 5.97 Å². The van der Waals surface area contributed by atoms with E-state index in [9.17, 15) is 4.79 Å². The van der Waals surface area contributed by atoms with Gasteiger partial charge in [0.1, 0.15) is 12.7 Å². The number of rotatable bonds is 7. The van der Waals surface area contributed by atoms with E-state index in [1.54, 1.807) is 7.11 Å². The van der Waals surface area contributed by atoms with Crippen LogP contribution in [0.15, 0.2) is 0 Å². The molecule has 0 aromatic heterocycles. The van der Waals surface area contributed by atoms with Crippen LogP contribution >= 0.6 is 0 Å². The highest BCUT2D eigenvalue weighted by atomic mass is 16.6. The lowest BCUT2D eigenvalue weighted by Crippen LogP contribution is -2.36. The van der Waals surface area contributed by atoms with Crippen LogP contribution in [0, 0.1) is 17.8 Å². The average molecular weight is 272 g/mol. The van der Waals surface area contributed by atoms with E-state index in [0.717, 1.165) is 12.8 Å². The second kappa shape index (κ2) is 8.54. The molecule has 0 N–H and O–H groups in total. The molecule has 1 fully saturated rings. The first kappa shape index (κ1) is 16.4. The number of hydrogen-bond acceptors (Lipinski definition) is 4. The summed E-state index contributed by atoms with van der Waals surface area (Å²) in [4.78, 5) is 11.8. The molecule has 4 heteroatoms. The Hall–Kier alpha value is -0.610. The monoisotopic (exact) mass is 272 g/mol. The van der Waals surface area contributed by atoms with Crippen molar-refractivity contribution >= 4 is 5.97 Å². The van der Waals surface area contributed by atoms with E-state index in [-0.39, 0.29) is 18.7 Å².